The highest BCUT2D eigenvalue weighted by molar-refractivity contribution is 7.09. The summed E-state index contributed by atoms with van der Waals surface area (Å²) in [6.07, 6.45) is 6.87. The van der Waals surface area contributed by atoms with Gasteiger partial charge in [-0.05, 0) is 38.6 Å². The molecule has 1 aromatic rings. The number of hydrogen-bond acceptors (Lipinski definition) is 3. The van der Waals surface area contributed by atoms with Crippen LogP contribution in [0.5, 0.6) is 0 Å². The lowest BCUT2D eigenvalue weighted by Gasteiger charge is -2.26. The van der Waals surface area contributed by atoms with Gasteiger partial charge in [-0.15, -0.1) is 11.3 Å². The van der Waals surface area contributed by atoms with Crippen molar-refractivity contribution < 1.29 is 0 Å². The maximum atomic E-state index is 4.73. The Bertz CT molecular complexity index is 313. The van der Waals surface area contributed by atoms with E-state index in [1.165, 1.54) is 42.8 Å². The lowest BCUT2D eigenvalue weighted by atomic mass is 9.81. The first-order chi connectivity index (χ1) is 7.83. The first-order valence-electron chi connectivity index (χ1n) is 6.42. The van der Waals surface area contributed by atoms with Crippen molar-refractivity contribution >= 4 is 11.3 Å². The van der Waals surface area contributed by atoms with Gasteiger partial charge in [0, 0.05) is 17.8 Å². The number of hydrogen-bond donors (Lipinski definition) is 1. The molecule has 0 aliphatic heterocycles. The Hall–Kier alpha value is -0.410. The highest BCUT2D eigenvalue weighted by Crippen LogP contribution is 2.37. The summed E-state index contributed by atoms with van der Waals surface area (Å²) in [5.74, 6) is 1.73. The van der Waals surface area contributed by atoms with Crippen LogP contribution in [0.15, 0.2) is 5.38 Å². The second-order valence-corrected chi connectivity index (χ2v) is 5.72. The van der Waals surface area contributed by atoms with E-state index in [-0.39, 0.29) is 0 Å². The summed E-state index contributed by atoms with van der Waals surface area (Å²) in [5.41, 5.74) is 1.21. The molecule has 1 saturated carbocycles. The van der Waals surface area contributed by atoms with E-state index < -0.39 is 0 Å². The first kappa shape index (κ1) is 12.1. The van der Waals surface area contributed by atoms with Gasteiger partial charge in [0.2, 0.25) is 0 Å². The Balaban J connectivity index is 1.92. The van der Waals surface area contributed by atoms with Crippen molar-refractivity contribution in [3.05, 3.63) is 16.1 Å². The summed E-state index contributed by atoms with van der Waals surface area (Å²) in [6.45, 7) is 3.22. The minimum atomic E-state index is 0.749. The third-order valence-electron chi connectivity index (χ3n) is 3.70. The lowest BCUT2D eigenvalue weighted by molar-refractivity contribution is 0.318. The zero-order valence-electron chi connectivity index (χ0n) is 10.3. The molecule has 1 aliphatic rings. The molecule has 90 valence electrons. The van der Waals surface area contributed by atoms with E-state index >= 15 is 0 Å². The van der Waals surface area contributed by atoms with E-state index in [0.717, 1.165) is 18.4 Å². The zero-order valence-corrected chi connectivity index (χ0v) is 11.1. The van der Waals surface area contributed by atoms with Gasteiger partial charge in [-0.25, -0.2) is 4.98 Å². The van der Waals surface area contributed by atoms with Crippen LogP contribution >= 0.6 is 11.3 Å². The molecule has 0 amide bonds. The molecule has 0 saturated heterocycles. The van der Waals surface area contributed by atoms with Crippen LogP contribution < -0.4 is 5.32 Å². The van der Waals surface area contributed by atoms with Crippen molar-refractivity contribution in [1.29, 1.82) is 0 Å². The van der Waals surface area contributed by atoms with E-state index in [4.69, 9.17) is 4.98 Å². The summed E-state index contributed by atoms with van der Waals surface area (Å²) in [4.78, 5) is 4.73. The third kappa shape index (κ3) is 2.83. The third-order valence-corrected chi connectivity index (χ3v) is 4.76. The summed E-state index contributed by atoms with van der Waals surface area (Å²) < 4.78 is 0. The van der Waals surface area contributed by atoms with Gasteiger partial charge in [0.25, 0.3) is 0 Å². The van der Waals surface area contributed by atoms with Crippen LogP contribution in [0.2, 0.25) is 0 Å². The second-order valence-electron chi connectivity index (χ2n) is 4.83. The summed E-state index contributed by atoms with van der Waals surface area (Å²) >= 11 is 1.85. The molecule has 0 atom stereocenters. The molecule has 0 spiro atoms. The quantitative estimate of drug-likeness (QED) is 0.867. The normalized spacial score (nSPS) is 25.9. The molecule has 1 heterocycles. The fraction of sp³-hybridized carbons (Fsp3) is 0.769. The Labute approximate surface area is 102 Å². The van der Waals surface area contributed by atoms with Gasteiger partial charge >= 0.3 is 0 Å². The number of aromatic nitrogens is 1. The van der Waals surface area contributed by atoms with Gasteiger partial charge in [0.1, 0.15) is 0 Å². The van der Waals surface area contributed by atoms with Crippen molar-refractivity contribution in [2.75, 3.05) is 7.05 Å². The van der Waals surface area contributed by atoms with Crippen LogP contribution in [0.3, 0.4) is 0 Å². The molecule has 0 bridgehead atoms. The Kier molecular flexibility index (Phi) is 4.36. The van der Waals surface area contributed by atoms with Crippen LogP contribution in [0.1, 0.15) is 55.6 Å². The van der Waals surface area contributed by atoms with E-state index in [9.17, 15) is 0 Å². The number of nitrogens with zero attached hydrogens (tertiary/aromatic N) is 1. The SMILES string of the molecule is CCC1CCC(c2nc(CNC)cs2)CC1. The summed E-state index contributed by atoms with van der Waals surface area (Å²) in [5, 5.41) is 6.74. The van der Waals surface area contributed by atoms with Crippen LogP contribution in [0.4, 0.5) is 0 Å². The predicted molar refractivity (Wildman–Crippen MR) is 69.9 cm³/mol. The maximum absolute atomic E-state index is 4.73. The van der Waals surface area contributed by atoms with E-state index in [1.54, 1.807) is 0 Å². The Morgan fingerprint density at radius 3 is 2.75 bits per heavy atom. The molecule has 1 fully saturated rings. The van der Waals surface area contributed by atoms with Crippen molar-refractivity contribution in [2.24, 2.45) is 5.92 Å². The lowest BCUT2D eigenvalue weighted by Crippen LogP contribution is -2.12. The van der Waals surface area contributed by atoms with Crippen molar-refractivity contribution in [3.8, 4) is 0 Å². The van der Waals surface area contributed by atoms with Gasteiger partial charge in [-0.3, -0.25) is 0 Å². The molecule has 0 unspecified atom stereocenters. The molecule has 0 aromatic carbocycles. The monoisotopic (exact) mass is 238 g/mol. The zero-order chi connectivity index (χ0) is 11.4. The number of nitrogens with one attached hydrogen (secondary N) is 1. The Morgan fingerprint density at radius 1 is 1.38 bits per heavy atom. The number of thiazole rings is 1. The van der Waals surface area contributed by atoms with Gasteiger partial charge in [-0.2, -0.15) is 0 Å². The summed E-state index contributed by atoms with van der Waals surface area (Å²) in [7, 11) is 1.98. The standard InChI is InChI=1S/C13H22N2S/c1-3-10-4-6-11(7-5-10)13-15-12(8-14-2)9-16-13/h9-11,14H,3-8H2,1-2H3. The van der Waals surface area contributed by atoms with Crippen LogP contribution in [0.25, 0.3) is 0 Å². The fourth-order valence-electron chi connectivity index (χ4n) is 2.59. The fourth-order valence-corrected chi connectivity index (χ4v) is 3.58. The minimum absolute atomic E-state index is 0.749. The topological polar surface area (TPSA) is 24.9 Å². The molecule has 2 rings (SSSR count). The van der Waals surface area contributed by atoms with Gasteiger partial charge in [0.15, 0.2) is 0 Å². The van der Waals surface area contributed by atoms with E-state index in [2.05, 4.69) is 17.6 Å². The van der Waals surface area contributed by atoms with Gasteiger partial charge < -0.3 is 5.32 Å². The molecule has 16 heavy (non-hydrogen) atoms. The largest absolute Gasteiger partial charge is 0.314 e. The van der Waals surface area contributed by atoms with Gasteiger partial charge in [0.05, 0.1) is 10.7 Å². The highest BCUT2D eigenvalue weighted by atomic mass is 32.1. The molecule has 0 radical (unpaired) electrons. The van der Waals surface area contributed by atoms with E-state index in [1.807, 2.05) is 18.4 Å². The second kappa shape index (κ2) is 5.78. The predicted octanol–water partition coefficient (Wildman–Crippen LogP) is 3.55. The number of rotatable bonds is 4. The van der Waals surface area contributed by atoms with Crippen LogP contribution in [-0.4, -0.2) is 12.0 Å². The van der Waals surface area contributed by atoms with Gasteiger partial charge in [-0.1, -0.05) is 13.3 Å². The molecule has 1 aliphatic carbocycles. The average molecular weight is 238 g/mol. The molecule has 1 aromatic heterocycles. The van der Waals surface area contributed by atoms with Crippen molar-refractivity contribution in [3.63, 3.8) is 0 Å². The van der Waals surface area contributed by atoms with Crippen molar-refractivity contribution in [1.82, 2.24) is 10.3 Å². The summed E-state index contributed by atoms with van der Waals surface area (Å²) in [6, 6.07) is 0. The molecule has 1 N–H and O–H groups in total. The smallest absolute Gasteiger partial charge is 0.0959 e. The highest BCUT2D eigenvalue weighted by Gasteiger charge is 2.23. The average Bonchev–Trinajstić information content (AvgIpc) is 2.78. The van der Waals surface area contributed by atoms with Crippen LogP contribution in [0, 0.1) is 5.92 Å². The molecular formula is C13H22N2S. The maximum Gasteiger partial charge on any atom is 0.0959 e. The minimum Gasteiger partial charge on any atom is -0.314 e. The van der Waals surface area contributed by atoms with Crippen LogP contribution in [-0.2, 0) is 6.54 Å². The molecular weight excluding hydrogens is 216 g/mol. The molecule has 3 heteroatoms. The van der Waals surface area contributed by atoms with E-state index in [0.29, 0.717) is 0 Å². The first-order valence-corrected chi connectivity index (χ1v) is 7.30. The Morgan fingerprint density at radius 2 is 2.12 bits per heavy atom. The van der Waals surface area contributed by atoms with Crippen molar-refractivity contribution in [2.45, 2.75) is 51.5 Å². The molecule has 2 nitrogen and oxygen atoms in total.